The summed E-state index contributed by atoms with van der Waals surface area (Å²) in [5.74, 6) is 0.639. The molecule has 4 nitrogen and oxygen atoms in total. The van der Waals surface area contributed by atoms with E-state index in [4.69, 9.17) is 4.74 Å². The van der Waals surface area contributed by atoms with Gasteiger partial charge in [0.25, 0.3) is 0 Å². The van der Waals surface area contributed by atoms with Crippen molar-refractivity contribution in [1.29, 1.82) is 0 Å². The lowest BCUT2D eigenvalue weighted by atomic mass is 10.2. The first-order valence-corrected chi connectivity index (χ1v) is 5.50. The molecule has 0 saturated heterocycles. The van der Waals surface area contributed by atoms with E-state index in [9.17, 15) is 4.39 Å². The van der Waals surface area contributed by atoms with Crippen LogP contribution in [-0.2, 0) is 6.54 Å². The number of halogens is 1. The summed E-state index contributed by atoms with van der Waals surface area (Å²) in [5, 5.41) is 0. The number of aromatic nitrogens is 2. The summed E-state index contributed by atoms with van der Waals surface area (Å²) < 4.78 is 18.6. The van der Waals surface area contributed by atoms with Crippen molar-refractivity contribution in [2.45, 2.75) is 6.54 Å². The fraction of sp³-hybridized carbons (Fsp3) is 0.231. The second-order valence-electron chi connectivity index (χ2n) is 3.90. The Morgan fingerprint density at radius 2 is 2.22 bits per heavy atom. The van der Waals surface area contributed by atoms with Crippen molar-refractivity contribution in [3.05, 3.63) is 48.2 Å². The van der Waals surface area contributed by atoms with E-state index in [2.05, 4.69) is 9.97 Å². The Labute approximate surface area is 105 Å². The number of hydrogen-bond acceptors (Lipinski definition) is 4. The highest BCUT2D eigenvalue weighted by Gasteiger charge is 2.09. The highest BCUT2D eigenvalue weighted by atomic mass is 19.1. The zero-order chi connectivity index (χ0) is 13.0. The molecule has 5 heteroatoms. The Balaban J connectivity index is 2.16. The Hall–Kier alpha value is -2.17. The normalized spacial score (nSPS) is 10.2. The molecule has 0 aliphatic rings. The van der Waals surface area contributed by atoms with Crippen LogP contribution in [0.25, 0.3) is 0 Å². The molecule has 2 aromatic rings. The van der Waals surface area contributed by atoms with Gasteiger partial charge in [-0.3, -0.25) is 0 Å². The molecule has 0 radical (unpaired) electrons. The topological polar surface area (TPSA) is 38.2 Å². The molecule has 0 atom stereocenters. The van der Waals surface area contributed by atoms with E-state index in [1.54, 1.807) is 19.1 Å². The van der Waals surface area contributed by atoms with Crippen LogP contribution in [0.5, 0.6) is 5.75 Å². The van der Waals surface area contributed by atoms with Crippen molar-refractivity contribution in [3.8, 4) is 5.75 Å². The molecule has 0 aliphatic heterocycles. The molecule has 94 valence electrons. The smallest absolute Gasteiger partial charge is 0.183 e. The fourth-order valence-corrected chi connectivity index (χ4v) is 1.71. The van der Waals surface area contributed by atoms with Gasteiger partial charge >= 0.3 is 0 Å². The standard InChI is InChI=1S/C13H14FN3O/c1-17(13-12(14)7-15-9-16-13)8-10-4-3-5-11(6-10)18-2/h3-7,9H,8H2,1-2H3. The largest absolute Gasteiger partial charge is 0.497 e. The van der Waals surface area contributed by atoms with E-state index in [-0.39, 0.29) is 5.82 Å². The molecule has 1 aromatic carbocycles. The lowest BCUT2D eigenvalue weighted by molar-refractivity contribution is 0.414. The first-order valence-electron chi connectivity index (χ1n) is 5.50. The van der Waals surface area contributed by atoms with Crippen molar-refractivity contribution in [2.24, 2.45) is 0 Å². The number of ether oxygens (including phenoxy) is 1. The average molecular weight is 247 g/mol. The molecule has 18 heavy (non-hydrogen) atoms. The predicted molar refractivity (Wildman–Crippen MR) is 67.1 cm³/mol. The Kier molecular flexibility index (Phi) is 3.72. The summed E-state index contributed by atoms with van der Waals surface area (Å²) in [4.78, 5) is 9.28. The van der Waals surface area contributed by atoms with Gasteiger partial charge in [-0.2, -0.15) is 0 Å². The minimum absolute atomic E-state index is 0.285. The van der Waals surface area contributed by atoms with E-state index in [0.29, 0.717) is 6.54 Å². The maximum atomic E-state index is 13.5. The van der Waals surface area contributed by atoms with E-state index in [1.807, 2.05) is 24.3 Å². The van der Waals surface area contributed by atoms with Gasteiger partial charge in [-0.1, -0.05) is 12.1 Å². The summed E-state index contributed by atoms with van der Waals surface area (Å²) in [6.45, 7) is 0.547. The number of methoxy groups -OCH3 is 1. The molecule has 0 unspecified atom stereocenters. The van der Waals surface area contributed by atoms with Crippen LogP contribution in [0.15, 0.2) is 36.8 Å². The molecular formula is C13H14FN3O. The molecule has 0 saturated carbocycles. The summed E-state index contributed by atoms with van der Waals surface area (Å²) in [6.07, 6.45) is 2.49. The van der Waals surface area contributed by atoms with Crippen LogP contribution in [0.1, 0.15) is 5.56 Å². The average Bonchev–Trinajstić information content (AvgIpc) is 2.39. The maximum Gasteiger partial charge on any atom is 0.183 e. The molecule has 0 bridgehead atoms. The minimum atomic E-state index is -0.428. The Morgan fingerprint density at radius 3 is 2.94 bits per heavy atom. The van der Waals surface area contributed by atoms with Crippen molar-refractivity contribution < 1.29 is 9.13 Å². The number of rotatable bonds is 4. The third kappa shape index (κ3) is 2.74. The number of nitrogens with zero attached hydrogens (tertiary/aromatic N) is 3. The molecule has 0 amide bonds. The molecule has 0 fully saturated rings. The lowest BCUT2D eigenvalue weighted by Gasteiger charge is -2.18. The fourth-order valence-electron chi connectivity index (χ4n) is 1.71. The molecule has 1 aromatic heterocycles. The second kappa shape index (κ2) is 5.44. The van der Waals surface area contributed by atoms with Gasteiger partial charge in [0.15, 0.2) is 11.6 Å². The van der Waals surface area contributed by atoms with Gasteiger partial charge in [-0.25, -0.2) is 14.4 Å². The van der Waals surface area contributed by atoms with Crippen molar-refractivity contribution in [2.75, 3.05) is 19.1 Å². The predicted octanol–water partition coefficient (Wildman–Crippen LogP) is 2.26. The second-order valence-corrected chi connectivity index (χ2v) is 3.90. The van der Waals surface area contributed by atoms with E-state index >= 15 is 0 Å². The maximum absolute atomic E-state index is 13.5. The van der Waals surface area contributed by atoms with Gasteiger partial charge in [-0.15, -0.1) is 0 Å². The summed E-state index contributed by atoms with van der Waals surface area (Å²) in [6, 6.07) is 7.64. The Morgan fingerprint density at radius 1 is 1.39 bits per heavy atom. The van der Waals surface area contributed by atoms with Crippen molar-refractivity contribution in [3.63, 3.8) is 0 Å². The van der Waals surface area contributed by atoms with Crippen LogP contribution in [0, 0.1) is 5.82 Å². The van der Waals surface area contributed by atoms with E-state index in [0.717, 1.165) is 17.5 Å². The van der Waals surface area contributed by atoms with Crippen LogP contribution < -0.4 is 9.64 Å². The third-order valence-corrected chi connectivity index (χ3v) is 2.56. The molecule has 0 aliphatic carbocycles. The van der Waals surface area contributed by atoms with Gasteiger partial charge in [0.1, 0.15) is 12.1 Å². The quantitative estimate of drug-likeness (QED) is 0.830. The molecular weight excluding hydrogens is 233 g/mol. The lowest BCUT2D eigenvalue weighted by Crippen LogP contribution is -2.19. The summed E-state index contributed by atoms with van der Waals surface area (Å²) in [5.41, 5.74) is 1.02. The van der Waals surface area contributed by atoms with E-state index in [1.165, 1.54) is 6.33 Å². The molecule has 0 spiro atoms. The van der Waals surface area contributed by atoms with Crippen LogP contribution in [0.3, 0.4) is 0 Å². The van der Waals surface area contributed by atoms with E-state index < -0.39 is 5.82 Å². The molecule has 2 rings (SSSR count). The van der Waals surface area contributed by atoms with Crippen LogP contribution in [0.2, 0.25) is 0 Å². The first-order chi connectivity index (χ1) is 8.70. The van der Waals surface area contributed by atoms with Gasteiger partial charge in [0.2, 0.25) is 0 Å². The van der Waals surface area contributed by atoms with Gasteiger partial charge in [0.05, 0.1) is 13.3 Å². The number of hydrogen-bond donors (Lipinski definition) is 0. The number of anilines is 1. The molecule has 1 heterocycles. The SMILES string of the molecule is COc1cccc(CN(C)c2ncncc2F)c1. The van der Waals surface area contributed by atoms with Crippen LogP contribution >= 0.6 is 0 Å². The van der Waals surface area contributed by atoms with Crippen molar-refractivity contribution >= 4 is 5.82 Å². The zero-order valence-corrected chi connectivity index (χ0v) is 10.3. The highest BCUT2D eigenvalue weighted by Crippen LogP contribution is 2.18. The highest BCUT2D eigenvalue weighted by molar-refractivity contribution is 5.39. The number of benzene rings is 1. The minimum Gasteiger partial charge on any atom is -0.497 e. The van der Waals surface area contributed by atoms with Crippen LogP contribution in [-0.4, -0.2) is 24.1 Å². The van der Waals surface area contributed by atoms with Gasteiger partial charge in [0, 0.05) is 13.6 Å². The first kappa shape index (κ1) is 12.3. The van der Waals surface area contributed by atoms with Gasteiger partial charge < -0.3 is 9.64 Å². The van der Waals surface area contributed by atoms with Crippen LogP contribution in [0.4, 0.5) is 10.2 Å². The summed E-state index contributed by atoms with van der Waals surface area (Å²) in [7, 11) is 3.40. The zero-order valence-electron chi connectivity index (χ0n) is 10.3. The Bertz CT molecular complexity index is 533. The monoisotopic (exact) mass is 247 g/mol. The summed E-state index contributed by atoms with van der Waals surface area (Å²) >= 11 is 0. The van der Waals surface area contributed by atoms with Gasteiger partial charge in [-0.05, 0) is 17.7 Å². The van der Waals surface area contributed by atoms with Crippen molar-refractivity contribution in [1.82, 2.24) is 9.97 Å². The third-order valence-electron chi connectivity index (χ3n) is 2.56. The molecule has 0 N–H and O–H groups in total.